The molecule has 2 aromatic rings. The van der Waals surface area contributed by atoms with Crippen LogP contribution in [-0.4, -0.2) is 26.7 Å². The van der Waals surface area contributed by atoms with E-state index in [4.69, 9.17) is 0 Å². The molecule has 2 aromatic heterocycles. The van der Waals surface area contributed by atoms with Gasteiger partial charge in [0.2, 0.25) is 0 Å². The van der Waals surface area contributed by atoms with Gasteiger partial charge in [-0.15, -0.1) is 0 Å². The van der Waals surface area contributed by atoms with E-state index in [-0.39, 0.29) is 5.43 Å². The maximum absolute atomic E-state index is 12.0. The summed E-state index contributed by atoms with van der Waals surface area (Å²) < 4.78 is 2.00. The van der Waals surface area contributed by atoms with Crippen LogP contribution in [0.1, 0.15) is 35.0 Å². The summed E-state index contributed by atoms with van der Waals surface area (Å²) in [4.78, 5) is 17.4. The standard InChI is InChI=1S/C16H24N4O/c1-6-20-13(4)14(8-18-20)9-19(5)10-15-12(3)16(21)11(2)7-17-15/h7-8H,6,9-10H2,1-5H3,(H,17,21). The van der Waals surface area contributed by atoms with Crippen molar-refractivity contribution < 1.29 is 0 Å². The SMILES string of the molecule is CCn1ncc(CN(C)Cc2[nH]cc(C)c(=O)c2C)c1C. The predicted molar refractivity (Wildman–Crippen MR) is 84.3 cm³/mol. The zero-order chi connectivity index (χ0) is 15.6. The van der Waals surface area contributed by atoms with Crippen molar-refractivity contribution in [2.24, 2.45) is 0 Å². The summed E-state index contributed by atoms with van der Waals surface area (Å²) in [5.41, 5.74) is 5.12. The van der Waals surface area contributed by atoms with Crippen LogP contribution in [0.2, 0.25) is 0 Å². The molecule has 0 radical (unpaired) electrons. The maximum Gasteiger partial charge on any atom is 0.187 e. The minimum Gasteiger partial charge on any atom is -0.363 e. The molecule has 0 aromatic carbocycles. The Bertz CT molecular complexity index is 684. The number of aryl methyl sites for hydroxylation is 2. The Morgan fingerprint density at radius 1 is 1.29 bits per heavy atom. The molecule has 1 N–H and O–H groups in total. The van der Waals surface area contributed by atoms with E-state index >= 15 is 0 Å². The number of aromatic amines is 1. The van der Waals surface area contributed by atoms with Gasteiger partial charge in [-0.05, 0) is 34.7 Å². The number of nitrogens with one attached hydrogen (secondary N) is 1. The minimum atomic E-state index is 0.132. The summed E-state index contributed by atoms with van der Waals surface area (Å²) in [5, 5.41) is 4.37. The van der Waals surface area contributed by atoms with Crippen LogP contribution in [0.5, 0.6) is 0 Å². The summed E-state index contributed by atoms with van der Waals surface area (Å²) >= 11 is 0. The van der Waals surface area contributed by atoms with Gasteiger partial charge in [0.1, 0.15) is 0 Å². The van der Waals surface area contributed by atoms with Gasteiger partial charge in [0, 0.05) is 53.9 Å². The van der Waals surface area contributed by atoms with Crippen LogP contribution in [0.3, 0.4) is 0 Å². The lowest BCUT2D eigenvalue weighted by molar-refractivity contribution is 0.313. The van der Waals surface area contributed by atoms with Crippen LogP contribution >= 0.6 is 0 Å². The van der Waals surface area contributed by atoms with E-state index in [1.165, 1.54) is 11.3 Å². The maximum atomic E-state index is 12.0. The van der Waals surface area contributed by atoms with E-state index in [1.54, 1.807) is 6.20 Å². The molecule has 0 fully saturated rings. The molecule has 0 saturated carbocycles. The largest absolute Gasteiger partial charge is 0.363 e. The molecule has 0 aliphatic heterocycles. The summed E-state index contributed by atoms with van der Waals surface area (Å²) in [5.74, 6) is 0. The molecule has 114 valence electrons. The number of H-pyrrole nitrogens is 1. The van der Waals surface area contributed by atoms with Crippen LogP contribution in [-0.2, 0) is 19.6 Å². The monoisotopic (exact) mass is 288 g/mol. The Morgan fingerprint density at radius 3 is 2.62 bits per heavy atom. The van der Waals surface area contributed by atoms with E-state index in [9.17, 15) is 4.79 Å². The average molecular weight is 288 g/mol. The number of rotatable bonds is 5. The zero-order valence-electron chi connectivity index (χ0n) is 13.5. The Labute approximate surface area is 125 Å². The fourth-order valence-corrected chi connectivity index (χ4v) is 2.54. The molecule has 0 atom stereocenters. The van der Waals surface area contributed by atoms with Gasteiger partial charge in [-0.1, -0.05) is 0 Å². The lowest BCUT2D eigenvalue weighted by Crippen LogP contribution is -2.22. The molecule has 0 amide bonds. The zero-order valence-corrected chi connectivity index (χ0v) is 13.5. The summed E-state index contributed by atoms with van der Waals surface area (Å²) in [6.45, 7) is 10.3. The van der Waals surface area contributed by atoms with Crippen molar-refractivity contribution in [1.82, 2.24) is 19.7 Å². The van der Waals surface area contributed by atoms with E-state index in [0.29, 0.717) is 0 Å². The Balaban J connectivity index is 2.11. The number of nitrogens with zero attached hydrogens (tertiary/aromatic N) is 3. The lowest BCUT2D eigenvalue weighted by Gasteiger charge is -2.18. The molecule has 0 saturated heterocycles. The van der Waals surface area contributed by atoms with E-state index in [0.717, 1.165) is 36.5 Å². The lowest BCUT2D eigenvalue weighted by atomic mass is 10.1. The van der Waals surface area contributed by atoms with Gasteiger partial charge in [0.15, 0.2) is 5.43 Å². The van der Waals surface area contributed by atoms with Crippen molar-refractivity contribution in [1.29, 1.82) is 0 Å². The minimum absolute atomic E-state index is 0.132. The van der Waals surface area contributed by atoms with Crippen LogP contribution in [0.25, 0.3) is 0 Å². The Kier molecular flexibility index (Phi) is 4.63. The highest BCUT2D eigenvalue weighted by Gasteiger charge is 2.11. The van der Waals surface area contributed by atoms with Crippen molar-refractivity contribution >= 4 is 0 Å². The topological polar surface area (TPSA) is 53.9 Å². The predicted octanol–water partition coefficient (Wildman–Crippen LogP) is 2.15. The summed E-state index contributed by atoms with van der Waals surface area (Å²) in [7, 11) is 2.06. The van der Waals surface area contributed by atoms with Crippen molar-refractivity contribution in [2.45, 2.75) is 47.3 Å². The first-order chi connectivity index (χ1) is 9.93. The van der Waals surface area contributed by atoms with Gasteiger partial charge in [-0.2, -0.15) is 5.10 Å². The van der Waals surface area contributed by atoms with Gasteiger partial charge in [0.05, 0.1) is 6.20 Å². The molecular weight excluding hydrogens is 264 g/mol. The Hall–Kier alpha value is -1.88. The van der Waals surface area contributed by atoms with Gasteiger partial charge in [-0.3, -0.25) is 14.4 Å². The molecule has 21 heavy (non-hydrogen) atoms. The highest BCUT2D eigenvalue weighted by molar-refractivity contribution is 5.23. The van der Waals surface area contributed by atoms with Crippen molar-refractivity contribution in [2.75, 3.05) is 7.05 Å². The number of hydrogen-bond donors (Lipinski definition) is 1. The van der Waals surface area contributed by atoms with E-state index < -0.39 is 0 Å². The van der Waals surface area contributed by atoms with Gasteiger partial charge < -0.3 is 4.98 Å². The van der Waals surface area contributed by atoms with Gasteiger partial charge in [0.25, 0.3) is 0 Å². The van der Waals surface area contributed by atoms with Crippen molar-refractivity contribution in [3.8, 4) is 0 Å². The second-order valence-corrected chi connectivity index (χ2v) is 5.65. The highest BCUT2D eigenvalue weighted by atomic mass is 16.1. The quantitative estimate of drug-likeness (QED) is 0.917. The van der Waals surface area contributed by atoms with E-state index in [2.05, 4.69) is 35.9 Å². The third-order valence-corrected chi connectivity index (χ3v) is 3.99. The third kappa shape index (κ3) is 3.24. The summed E-state index contributed by atoms with van der Waals surface area (Å²) in [6, 6.07) is 0. The number of aromatic nitrogens is 3. The average Bonchev–Trinajstić information content (AvgIpc) is 2.80. The van der Waals surface area contributed by atoms with Crippen molar-refractivity contribution in [3.05, 3.63) is 50.7 Å². The summed E-state index contributed by atoms with van der Waals surface area (Å²) in [6.07, 6.45) is 3.72. The molecule has 0 aliphatic carbocycles. The molecule has 5 heteroatoms. The molecule has 0 bridgehead atoms. The molecule has 0 aliphatic rings. The van der Waals surface area contributed by atoms with Crippen LogP contribution in [0.4, 0.5) is 0 Å². The smallest absolute Gasteiger partial charge is 0.187 e. The third-order valence-electron chi connectivity index (χ3n) is 3.99. The fraction of sp³-hybridized carbons (Fsp3) is 0.500. The van der Waals surface area contributed by atoms with Gasteiger partial charge in [-0.25, -0.2) is 0 Å². The molecule has 0 unspecified atom stereocenters. The molecule has 2 rings (SSSR count). The molecule has 0 spiro atoms. The van der Waals surface area contributed by atoms with Crippen molar-refractivity contribution in [3.63, 3.8) is 0 Å². The first-order valence-electron chi connectivity index (χ1n) is 7.31. The van der Waals surface area contributed by atoms with Crippen LogP contribution in [0.15, 0.2) is 17.2 Å². The second kappa shape index (κ2) is 6.26. The van der Waals surface area contributed by atoms with E-state index in [1.807, 2.05) is 24.7 Å². The first-order valence-corrected chi connectivity index (χ1v) is 7.31. The second-order valence-electron chi connectivity index (χ2n) is 5.65. The number of hydrogen-bond acceptors (Lipinski definition) is 3. The van der Waals surface area contributed by atoms with Crippen LogP contribution in [0, 0.1) is 20.8 Å². The molecular formula is C16H24N4O. The molecule has 2 heterocycles. The van der Waals surface area contributed by atoms with Crippen LogP contribution < -0.4 is 5.43 Å². The molecule has 5 nitrogen and oxygen atoms in total. The Morgan fingerprint density at radius 2 is 2.00 bits per heavy atom. The highest BCUT2D eigenvalue weighted by Crippen LogP contribution is 2.12. The number of pyridine rings is 1. The normalized spacial score (nSPS) is 11.3. The fourth-order valence-electron chi connectivity index (χ4n) is 2.54. The first kappa shape index (κ1) is 15.5. The van der Waals surface area contributed by atoms with Gasteiger partial charge >= 0.3 is 0 Å².